The van der Waals surface area contributed by atoms with Crippen molar-refractivity contribution in [1.29, 1.82) is 5.26 Å². The minimum atomic E-state index is -0.0519. The Kier molecular flexibility index (Phi) is 4.98. The third-order valence-corrected chi connectivity index (χ3v) is 7.41. The van der Waals surface area contributed by atoms with Crippen LogP contribution >= 0.6 is 11.6 Å². The van der Waals surface area contributed by atoms with E-state index in [9.17, 15) is 4.79 Å². The van der Waals surface area contributed by atoms with E-state index < -0.39 is 0 Å². The van der Waals surface area contributed by atoms with Crippen molar-refractivity contribution >= 4 is 28.5 Å². The molecule has 3 aromatic rings. The molecule has 1 heterocycles. The molecule has 5 rings (SSSR count). The predicted molar refractivity (Wildman–Crippen MR) is 121 cm³/mol. The lowest BCUT2D eigenvalue weighted by Gasteiger charge is -2.23. The number of imidazole rings is 1. The van der Waals surface area contributed by atoms with Gasteiger partial charge in [-0.2, -0.15) is 5.26 Å². The van der Waals surface area contributed by atoms with Crippen molar-refractivity contribution in [3.05, 3.63) is 64.4 Å². The number of hydrogen-bond donors (Lipinski definition) is 1. The Morgan fingerprint density at radius 1 is 1.26 bits per heavy atom. The van der Waals surface area contributed by atoms with Gasteiger partial charge in [0.1, 0.15) is 5.82 Å². The van der Waals surface area contributed by atoms with E-state index in [2.05, 4.69) is 29.8 Å². The van der Waals surface area contributed by atoms with Gasteiger partial charge in [-0.05, 0) is 86.4 Å². The molecule has 2 saturated carbocycles. The summed E-state index contributed by atoms with van der Waals surface area (Å²) in [5, 5.41) is 12.9. The zero-order valence-electron chi connectivity index (χ0n) is 17.7. The molecule has 1 aromatic heterocycles. The summed E-state index contributed by atoms with van der Waals surface area (Å²) in [7, 11) is 0. The van der Waals surface area contributed by atoms with Gasteiger partial charge < -0.3 is 9.88 Å². The molecule has 2 fully saturated rings. The Morgan fingerprint density at radius 2 is 1.97 bits per heavy atom. The summed E-state index contributed by atoms with van der Waals surface area (Å²) >= 11 is 6.25. The molecule has 31 heavy (non-hydrogen) atoms. The minimum Gasteiger partial charge on any atom is -0.349 e. The van der Waals surface area contributed by atoms with E-state index >= 15 is 0 Å². The molecule has 5 atom stereocenters. The highest BCUT2D eigenvalue weighted by atomic mass is 35.5. The zero-order chi connectivity index (χ0) is 21.7. The van der Waals surface area contributed by atoms with E-state index in [0.717, 1.165) is 41.1 Å². The van der Waals surface area contributed by atoms with Crippen molar-refractivity contribution < 1.29 is 4.79 Å². The van der Waals surface area contributed by atoms with Gasteiger partial charge >= 0.3 is 0 Å². The SMILES string of the molecule is CC[C@@H](NC(=O)c1ccc(C#N)cc1)[C@H]1[C@@H]2C[C@@H](n3c(C)nc4ccc(Cl)cc43)C[C@@H]21. The van der Waals surface area contributed by atoms with E-state index in [1.807, 2.05) is 18.2 Å². The Bertz CT molecular complexity index is 1180. The van der Waals surface area contributed by atoms with Crippen molar-refractivity contribution in [1.82, 2.24) is 14.9 Å². The Hall–Kier alpha value is -2.84. The monoisotopic (exact) mass is 432 g/mol. The second kappa shape index (κ2) is 7.69. The number of nitriles is 1. The number of nitrogens with zero attached hydrogens (tertiary/aromatic N) is 3. The van der Waals surface area contributed by atoms with Gasteiger partial charge in [-0.3, -0.25) is 4.79 Å². The smallest absolute Gasteiger partial charge is 0.251 e. The quantitative estimate of drug-likeness (QED) is 0.596. The summed E-state index contributed by atoms with van der Waals surface area (Å²) < 4.78 is 2.36. The topological polar surface area (TPSA) is 70.7 Å². The Labute approximate surface area is 187 Å². The van der Waals surface area contributed by atoms with Gasteiger partial charge in [0.15, 0.2) is 0 Å². The summed E-state index contributed by atoms with van der Waals surface area (Å²) in [4.78, 5) is 17.4. The van der Waals surface area contributed by atoms with Crippen molar-refractivity contribution in [2.45, 2.75) is 45.2 Å². The van der Waals surface area contributed by atoms with Gasteiger partial charge in [0.2, 0.25) is 0 Å². The molecule has 2 aliphatic rings. The van der Waals surface area contributed by atoms with Crippen LogP contribution in [0.1, 0.15) is 54.0 Å². The van der Waals surface area contributed by atoms with Crippen molar-refractivity contribution in [2.24, 2.45) is 17.8 Å². The van der Waals surface area contributed by atoms with Gasteiger partial charge in [0.05, 0.1) is 22.7 Å². The summed E-state index contributed by atoms with van der Waals surface area (Å²) in [5.74, 6) is 2.83. The number of aryl methyl sites for hydroxylation is 1. The molecule has 1 amide bonds. The molecule has 0 saturated heterocycles. The van der Waals surface area contributed by atoms with Crippen LogP contribution in [0.4, 0.5) is 0 Å². The number of carbonyl (C=O) groups excluding carboxylic acids is 1. The van der Waals surface area contributed by atoms with E-state index in [1.165, 1.54) is 0 Å². The molecule has 0 spiro atoms. The Balaban J connectivity index is 1.27. The zero-order valence-corrected chi connectivity index (χ0v) is 18.4. The van der Waals surface area contributed by atoms with Gasteiger partial charge in [-0.15, -0.1) is 0 Å². The first-order valence-corrected chi connectivity index (χ1v) is 11.3. The van der Waals surface area contributed by atoms with Crippen molar-refractivity contribution in [3.63, 3.8) is 0 Å². The molecule has 0 bridgehead atoms. The molecule has 6 heteroatoms. The van der Waals surface area contributed by atoms with Crippen LogP contribution in [0.2, 0.25) is 5.02 Å². The first kappa shape index (κ1) is 20.1. The second-order valence-electron chi connectivity index (χ2n) is 8.87. The fourth-order valence-electron chi connectivity index (χ4n) is 5.74. The molecule has 158 valence electrons. The first-order valence-electron chi connectivity index (χ1n) is 10.9. The van der Waals surface area contributed by atoms with Crippen LogP contribution < -0.4 is 5.32 Å². The first-order chi connectivity index (χ1) is 15.0. The molecule has 0 unspecified atom stereocenters. The molecule has 2 aliphatic carbocycles. The van der Waals surface area contributed by atoms with Crippen LogP contribution in [0.5, 0.6) is 0 Å². The van der Waals surface area contributed by atoms with Crippen LogP contribution in [0, 0.1) is 36.0 Å². The highest BCUT2D eigenvalue weighted by Gasteiger charge is 2.59. The lowest BCUT2D eigenvalue weighted by atomic mass is 9.98. The van der Waals surface area contributed by atoms with Gasteiger partial charge in [-0.25, -0.2) is 4.98 Å². The molecular formula is C25H25ClN4O. The number of rotatable bonds is 5. The highest BCUT2D eigenvalue weighted by molar-refractivity contribution is 6.31. The number of halogens is 1. The molecule has 0 aliphatic heterocycles. The summed E-state index contributed by atoms with van der Waals surface area (Å²) in [5.41, 5.74) is 3.29. The molecule has 0 radical (unpaired) electrons. The lowest BCUT2D eigenvalue weighted by Crippen LogP contribution is -2.37. The summed E-state index contributed by atoms with van der Waals surface area (Å²) in [6, 6.07) is 15.5. The summed E-state index contributed by atoms with van der Waals surface area (Å²) in [6.45, 7) is 4.22. The van der Waals surface area contributed by atoms with Crippen molar-refractivity contribution in [2.75, 3.05) is 0 Å². The molecule has 1 N–H and O–H groups in total. The molecule has 5 nitrogen and oxygen atoms in total. The average molecular weight is 433 g/mol. The van der Waals surface area contributed by atoms with Crippen LogP contribution in [0.25, 0.3) is 11.0 Å². The van der Waals surface area contributed by atoms with Crippen LogP contribution in [0.15, 0.2) is 42.5 Å². The van der Waals surface area contributed by atoms with Crippen LogP contribution in [-0.4, -0.2) is 21.5 Å². The molecule has 2 aromatic carbocycles. The third-order valence-electron chi connectivity index (χ3n) is 7.18. The second-order valence-corrected chi connectivity index (χ2v) is 9.31. The fourth-order valence-corrected chi connectivity index (χ4v) is 5.90. The van der Waals surface area contributed by atoms with E-state index in [-0.39, 0.29) is 11.9 Å². The Morgan fingerprint density at radius 3 is 2.61 bits per heavy atom. The number of aromatic nitrogens is 2. The van der Waals surface area contributed by atoms with E-state index in [0.29, 0.717) is 34.9 Å². The number of amides is 1. The average Bonchev–Trinajstić information content (AvgIpc) is 3.10. The van der Waals surface area contributed by atoms with Gasteiger partial charge in [-0.1, -0.05) is 18.5 Å². The number of nitrogens with one attached hydrogen (secondary N) is 1. The lowest BCUT2D eigenvalue weighted by molar-refractivity contribution is 0.0927. The fraction of sp³-hybridized carbons (Fsp3) is 0.400. The number of hydrogen-bond acceptors (Lipinski definition) is 3. The van der Waals surface area contributed by atoms with E-state index in [1.54, 1.807) is 24.3 Å². The third kappa shape index (κ3) is 3.49. The largest absolute Gasteiger partial charge is 0.349 e. The van der Waals surface area contributed by atoms with Crippen LogP contribution in [0.3, 0.4) is 0 Å². The number of carbonyl (C=O) groups is 1. The van der Waals surface area contributed by atoms with Gasteiger partial charge in [0.25, 0.3) is 5.91 Å². The number of fused-ring (bicyclic) bond motifs is 2. The standard InChI is InChI=1S/C25H25ClN4O/c1-3-21(29-25(31)16-6-4-15(13-27)5-7-16)24-19-11-18(12-20(19)24)30-14(2)28-22-9-8-17(26)10-23(22)30/h4-10,18-21,24H,3,11-12H2,1-2H3,(H,29,31)/t18-,19-,20+,21-,24+/m1/s1. The number of benzene rings is 2. The van der Waals surface area contributed by atoms with E-state index in [4.69, 9.17) is 21.8 Å². The maximum absolute atomic E-state index is 12.7. The minimum absolute atomic E-state index is 0.0519. The predicted octanol–water partition coefficient (Wildman–Crippen LogP) is 5.28. The molecular weight excluding hydrogens is 408 g/mol. The summed E-state index contributed by atoms with van der Waals surface area (Å²) in [6.07, 6.45) is 3.17. The normalized spacial score (nSPS) is 25.1. The van der Waals surface area contributed by atoms with Crippen molar-refractivity contribution in [3.8, 4) is 6.07 Å². The van der Waals surface area contributed by atoms with Crippen LogP contribution in [-0.2, 0) is 0 Å². The van der Waals surface area contributed by atoms with Gasteiger partial charge in [0, 0.05) is 22.7 Å². The maximum atomic E-state index is 12.7. The highest BCUT2D eigenvalue weighted by Crippen LogP contribution is 2.63. The maximum Gasteiger partial charge on any atom is 0.251 e.